The topological polar surface area (TPSA) is 9.23 Å². The second-order valence-electron chi connectivity index (χ2n) is 5.12. The first-order chi connectivity index (χ1) is 9.47. The van der Waals surface area contributed by atoms with E-state index < -0.39 is 0 Å². The fourth-order valence-corrected chi connectivity index (χ4v) is 3.49. The second-order valence-corrected chi connectivity index (χ2v) is 6.89. The summed E-state index contributed by atoms with van der Waals surface area (Å²) in [4.78, 5) is 0.171. The summed E-state index contributed by atoms with van der Waals surface area (Å²) in [6.45, 7) is 6.17. The minimum atomic E-state index is 0.171. The fourth-order valence-electron chi connectivity index (χ4n) is 2.02. The van der Waals surface area contributed by atoms with Crippen molar-refractivity contribution < 1.29 is 4.74 Å². The minimum Gasteiger partial charge on any atom is -0.491 e. The van der Waals surface area contributed by atoms with Crippen LogP contribution in [0, 0.1) is 6.92 Å². The molecule has 0 radical (unpaired) electrons. The SMILES string of the molecule is Cc1ccc(Br)c(C(Br)c2ccc(OC(C)C)cc2)c1. The molecule has 1 nitrogen and oxygen atoms in total. The van der Waals surface area contributed by atoms with Gasteiger partial charge in [-0.25, -0.2) is 0 Å². The first kappa shape index (κ1) is 15.6. The van der Waals surface area contributed by atoms with E-state index in [-0.39, 0.29) is 10.9 Å². The molecule has 1 atom stereocenters. The van der Waals surface area contributed by atoms with E-state index in [0.29, 0.717) is 0 Å². The summed E-state index contributed by atoms with van der Waals surface area (Å²) in [6.07, 6.45) is 0.200. The van der Waals surface area contributed by atoms with E-state index in [1.165, 1.54) is 16.7 Å². The number of ether oxygens (including phenoxy) is 1. The van der Waals surface area contributed by atoms with Crippen molar-refractivity contribution in [1.29, 1.82) is 0 Å². The van der Waals surface area contributed by atoms with Gasteiger partial charge in [0.05, 0.1) is 10.9 Å². The van der Waals surface area contributed by atoms with Crippen molar-refractivity contribution in [2.45, 2.75) is 31.7 Å². The Balaban J connectivity index is 2.24. The van der Waals surface area contributed by atoms with Crippen molar-refractivity contribution >= 4 is 31.9 Å². The van der Waals surface area contributed by atoms with Crippen molar-refractivity contribution in [3.05, 3.63) is 63.6 Å². The predicted octanol–water partition coefficient (Wildman–Crippen LogP) is 6.03. The first-order valence-corrected chi connectivity index (χ1v) is 8.35. The van der Waals surface area contributed by atoms with Crippen LogP contribution in [0.1, 0.15) is 35.4 Å². The molecule has 0 fully saturated rings. The molecule has 0 aromatic heterocycles. The standard InChI is InChI=1S/C17H18Br2O/c1-11(2)20-14-7-5-13(6-8-14)17(19)15-10-12(3)4-9-16(15)18/h4-11,17H,1-3H3. The van der Waals surface area contributed by atoms with Crippen molar-refractivity contribution in [2.75, 3.05) is 0 Å². The van der Waals surface area contributed by atoms with Crippen molar-refractivity contribution in [3.8, 4) is 5.75 Å². The Morgan fingerprint density at radius 2 is 1.65 bits per heavy atom. The van der Waals surface area contributed by atoms with E-state index in [4.69, 9.17) is 4.74 Å². The lowest BCUT2D eigenvalue weighted by Gasteiger charge is -2.15. The summed E-state index contributed by atoms with van der Waals surface area (Å²) >= 11 is 7.40. The molecule has 0 spiro atoms. The van der Waals surface area contributed by atoms with Crippen LogP contribution in [-0.2, 0) is 0 Å². The monoisotopic (exact) mass is 396 g/mol. The van der Waals surface area contributed by atoms with Gasteiger partial charge in [-0.3, -0.25) is 0 Å². The fraction of sp³-hybridized carbons (Fsp3) is 0.294. The van der Waals surface area contributed by atoms with Gasteiger partial charge in [-0.1, -0.05) is 61.7 Å². The molecule has 0 amide bonds. The Bertz CT molecular complexity index is 576. The Kier molecular flexibility index (Phi) is 5.28. The molecule has 106 valence electrons. The Morgan fingerprint density at radius 1 is 1.00 bits per heavy atom. The van der Waals surface area contributed by atoms with Gasteiger partial charge in [-0.15, -0.1) is 0 Å². The van der Waals surface area contributed by atoms with Crippen LogP contribution in [-0.4, -0.2) is 6.10 Å². The van der Waals surface area contributed by atoms with Crippen LogP contribution in [0.2, 0.25) is 0 Å². The molecule has 2 rings (SSSR count). The lowest BCUT2D eigenvalue weighted by molar-refractivity contribution is 0.242. The van der Waals surface area contributed by atoms with Gasteiger partial charge < -0.3 is 4.74 Å². The highest BCUT2D eigenvalue weighted by Gasteiger charge is 2.14. The van der Waals surface area contributed by atoms with Crippen LogP contribution in [0.25, 0.3) is 0 Å². The van der Waals surface area contributed by atoms with Gasteiger partial charge in [0.2, 0.25) is 0 Å². The number of hydrogen-bond acceptors (Lipinski definition) is 1. The normalized spacial score (nSPS) is 12.5. The molecule has 2 aromatic rings. The number of rotatable bonds is 4. The van der Waals surface area contributed by atoms with E-state index in [1.807, 2.05) is 26.0 Å². The molecule has 0 heterocycles. The quantitative estimate of drug-likeness (QED) is 0.572. The third-order valence-corrected chi connectivity index (χ3v) is 4.71. The molecule has 20 heavy (non-hydrogen) atoms. The molecule has 0 bridgehead atoms. The molecule has 0 saturated carbocycles. The third kappa shape index (κ3) is 3.86. The van der Waals surface area contributed by atoms with Crippen LogP contribution < -0.4 is 4.74 Å². The van der Waals surface area contributed by atoms with E-state index in [2.05, 4.69) is 69.1 Å². The van der Waals surface area contributed by atoms with Crippen LogP contribution in [0.3, 0.4) is 0 Å². The summed E-state index contributed by atoms with van der Waals surface area (Å²) in [6, 6.07) is 14.6. The summed E-state index contributed by atoms with van der Waals surface area (Å²) in [7, 11) is 0. The smallest absolute Gasteiger partial charge is 0.119 e. The third-order valence-electron chi connectivity index (χ3n) is 2.97. The zero-order valence-electron chi connectivity index (χ0n) is 11.9. The Hall–Kier alpha value is -0.800. The molecule has 0 aliphatic carbocycles. The molecule has 0 aliphatic heterocycles. The van der Waals surface area contributed by atoms with Gasteiger partial charge in [0.1, 0.15) is 5.75 Å². The van der Waals surface area contributed by atoms with Crippen molar-refractivity contribution in [2.24, 2.45) is 0 Å². The number of aryl methyl sites for hydroxylation is 1. The van der Waals surface area contributed by atoms with E-state index >= 15 is 0 Å². The molecule has 0 N–H and O–H groups in total. The van der Waals surface area contributed by atoms with Gasteiger partial charge in [0, 0.05) is 4.47 Å². The molecular formula is C17H18Br2O. The predicted molar refractivity (Wildman–Crippen MR) is 91.9 cm³/mol. The van der Waals surface area contributed by atoms with Gasteiger partial charge in [0.15, 0.2) is 0 Å². The number of benzene rings is 2. The highest BCUT2D eigenvalue weighted by molar-refractivity contribution is 9.11. The summed E-state index contributed by atoms with van der Waals surface area (Å²) in [5.41, 5.74) is 3.71. The van der Waals surface area contributed by atoms with Gasteiger partial charge in [-0.05, 0) is 50.1 Å². The van der Waals surface area contributed by atoms with Crippen LogP contribution >= 0.6 is 31.9 Å². The largest absolute Gasteiger partial charge is 0.491 e. The van der Waals surface area contributed by atoms with Gasteiger partial charge >= 0.3 is 0 Å². The molecule has 0 aliphatic rings. The van der Waals surface area contributed by atoms with Gasteiger partial charge in [-0.2, -0.15) is 0 Å². The van der Waals surface area contributed by atoms with E-state index in [1.54, 1.807) is 0 Å². The van der Waals surface area contributed by atoms with Crippen LogP contribution in [0.5, 0.6) is 5.75 Å². The number of hydrogen-bond donors (Lipinski definition) is 0. The average Bonchev–Trinajstić information content (AvgIpc) is 2.41. The molecular weight excluding hydrogens is 380 g/mol. The summed E-state index contributed by atoms with van der Waals surface area (Å²) < 4.78 is 6.79. The average molecular weight is 398 g/mol. The molecule has 3 heteroatoms. The zero-order chi connectivity index (χ0) is 14.7. The summed E-state index contributed by atoms with van der Waals surface area (Å²) in [5.74, 6) is 0.909. The summed E-state index contributed by atoms with van der Waals surface area (Å²) in [5, 5.41) is 0. The lowest BCUT2D eigenvalue weighted by Crippen LogP contribution is -2.05. The first-order valence-electron chi connectivity index (χ1n) is 6.64. The molecule has 1 unspecified atom stereocenters. The minimum absolute atomic E-state index is 0.171. The van der Waals surface area contributed by atoms with E-state index in [0.717, 1.165) is 10.2 Å². The van der Waals surface area contributed by atoms with Crippen LogP contribution in [0.15, 0.2) is 46.9 Å². The maximum Gasteiger partial charge on any atom is 0.119 e. The number of halogens is 2. The lowest BCUT2D eigenvalue weighted by atomic mass is 10.0. The highest BCUT2D eigenvalue weighted by atomic mass is 79.9. The van der Waals surface area contributed by atoms with Crippen molar-refractivity contribution in [1.82, 2.24) is 0 Å². The van der Waals surface area contributed by atoms with E-state index in [9.17, 15) is 0 Å². The highest BCUT2D eigenvalue weighted by Crippen LogP contribution is 2.36. The molecule has 0 saturated heterocycles. The van der Waals surface area contributed by atoms with Crippen LogP contribution in [0.4, 0.5) is 0 Å². The van der Waals surface area contributed by atoms with Crippen molar-refractivity contribution in [3.63, 3.8) is 0 Å². The maximum absolute atomic E-state index is 5.67. The Morgan fingerprint density at radius 3 is 2.25 bits per heavy atom. The zero-order valence-corrected chi connectivity index (χ0v) is 15.0. The molecule has 2 aromatic carbocycles. The Labute approximate surface area is 137 Å². The second kappa shape index (κ2) is 6.77. The number of alkyl halides is 1. The maximum atomic E-state index is 5.67. The van der Waals surface area contributed by atoms with Gasteiger partial charge in [0.25, 0.3) is 0 Å².